The van der Waals surface area contributed by atoms with Gasteiger partial charge >= 0.3 is 0 Å². The largest absolute Gasteiger partial charge is 0.497 e. The smallest absolute Gasteiger partial charge is 0.279 e. The summed E-state index contributed by atoms with van der Waals surface area (Å²) in [6, 6.07) is 18.8. The van der Waals surface area contributed by atoms with Crippen molar-refractivity contribution in [2.45, 2.75) is 6.92 Å². The maximum absolute atomic E-state index is 13.1. The Kier molecular flexibility index (Phi) is 6.77. The number of carbonyl (C=O) groups is 2. The first-order chi connectivity index (χ1) is 16.9. The van der Waals surface area contributed by atoms with Gasteiger partial charge in [-0.15, -0.1) is 0 Å². The highest BCUT2D eigenvalue weighted by molar-refractivity contribution is 6.06. The van der Waals surface area contributed by atoms with E-state index in [9.17, 15) is 14.4 Å². The normalized spacial score (nSPS) is 10.6. The molecule has 0 aliphatic rings. The van der Waals surface area contributed by atoms with Crippen LogP contribution in [0.3, 0.4) is 0 Å². The molecule has 35 heavy (non-hydrogen) atoms. The minimum atomic E-state index is -0.588. The summed E-state index contributed by atoms with van der Waals surface area (Å²) in [5.74, 6) is 0.108. The van der Waals surface area contributed by atoms with Crippen LogP contribution < -0.4 is 25.7 Å². The summed E-state index contributed by atoms with van der Waals surface area (Å²) in [5, 5.41) is 10.4. The van der Waals surface area contributed by atoms with Gasteiger partial charge in [-0.1, -0.05) is 24.3 Å². The Balaban J connectivity index is 1.61. The third-order valence-corrected chi connectivity index (χ3v) is 5.38. The highest BCUT2D eigenvalue weighted by Crippen LogP contribution is 2.25. The molecule has 0 spiro atoms. The molecule has 178 valence electrons. The van der Waals surface area contributed by atoms with Crippen molar-refractivity contribution in [2.24, 2.45) is 0 Å². The second-order valence-corrected chi connectivity index (χ2v) is 7.74. The second-order valence-electron chi connectivity index (χ2n) is 7.74. The number of nitrogens with one attached hydrogen (secondary N) is 2. The van der Waals surface area contributed by atoms with Crippen LogP contribution in [0, 0.1) is 6.92 Å². The molecule has 4 rings (SSSR count). The third-order valence-electron chi connectivity index (χ3n) is 5.38. The predicted molar refractivity (Wildman–Crippen MR) is 133 cm³/mol. The van der Waals surface area contributed by atoms with Gasteiger partial charge in [-0.05, 0) is 55.0 Å². The molecule has 1 heterocycles. The molecule has 4 aromatic rings. The number of hydrogen-bond acceptors (Lipinski definition) is 6. The van der Waals surface area contributed by atoms with E-state index in [1.165, 1.54) is 7.11 Å². The molecule has 9 nitrogen and oxygen atoms in total. The van der Waals surface area contributed by atoms with Gasteiger partial charge in [-0.2, -0.15) is 9.78 Å². The molecule has 0 saturated carbocycles. The van der Waals surface area contributed by atoms with Crippen molar-refractivity contribution in [2.75, 3.05) is 26.1 Å². The van der Waals surface area contributed by atoms with Crippen LogP contribution in [0.5, 0.6) is 11.5 Å². The van der Waals surface area contributed by atoms with Crippen molar-refractivity contribution in [3.63, 3.8) is 0 Å². The summed E-state index contributed by atoms with van der Waals surface area (Å²) in [4.78, 5) is 38.7. The fourth-order valence-corrected chi connectivity index (χ4v) is 3.61. The number of ether oxygens (including phenoxy) is 2. The van der Waals surface area contributed by atoms with E-state index >= 15 is 0 Å². The zero-order chi connectivity index (χ0) is 24.9. The molecule has 2 amide bonds. The fourth-order valence-electron chi connectivity index (χ4n) is 3.61. The quantitative estimate of drug-likeness (QED) is 0.428. The van der Waals surface area contributed by atoms with Gasteiger partial charge in [-0.25, -0.2) is 0 Å². The highest BCUT2D eigenvalue weighted by atomic mass is 16.5. The van der Waals surface area contributed by atoms with Crippen LogP contribution in [0.4, 0.5) is 5.69 Å². The number of amides is 2. The first-order valence-corrected chi connectivity index (χ1v) is 10.8. The number of aromatic nitrogens is 2. The van der Waals surface area contributed by atoms with Crippen molar-refractivity contribution < 1.29 is 19.1 Å². The van der Waals surface area contributed by atoms with Crippen molar-refractivity contribution in [1.29, 1.82) is 0 Å². The predicted octanol–water partition coefficient (Wildman–Crippen LogP) is 3.08. The zero-order valence-electron chi connectivity index (χ0n) is 19.5. The van der Waals surface area contributed by atoms with Crippen molar-refractivity contribution in [1.82, 2.24) is 15.1 Å². The fraction of sp³-hybridized carbons (Fsp3) is 0.154. The van der Waals surface area contributed by atoms with E-state index in [2.05, 4.69) is 15.7 Å². The topological polar surface area (TPSA) is 112 Å². The van der Waals surface area contributed by atoms with E-state index < -0.39 is 11.8 Å². The molecule has 0 aliphatic heterocycles. The minimum Gasteiger partial charge on any atom is -0.497 e. The van der Waals surface area contributed by atoms with E-state index in [-0.39, 0.29) is 17.8 Å². The number of fused-ring (bicyclic) bond motifs is 1. The van der Waals surface area contributed by atoms with Crippen LogP contribution in [0.2, 0.25) is 0 Å². The Hall–Kier alpha value is -4.66. The van der Waals surface area contributed by atoms with E-state index in [0.29, 0.717) is 33.6 Å². The number of nitrogens with zero attached hydrogens (tertiary/aromatic N) is 2. The number of carbonyl (C=O) groups excluding carboxylic acids is 2. The van der Waals surface area contributed by atoms with Crippen LogP contribution in [-0.2, 0) is 4.79 Å². The maximum Gasteiger partial charge on any atom is 0.279 e. The average Bonchev–Trinajstić information content (AvgIpc) is 2.88. The van der Waals surface area contributed by atoms with E-state index in [1.54, 1.807) is 67.8 Å². The summed E-state index contributed by atoms with van der Waals surface area (Å²) < 4.78 is 11.6. The summed E-state index contributed by atoms with van der Waals surface area (Å²) in [6.07, 6.45) is 0. The van der Waals surface area contributed by atoms with Gasteiger partial charge in [0.15, 0.2) is 5.69 Å². The molecule has 0 atom stereocenters. The molecule has 2 N–H and O–H groups in total. The summed E-state index contributed by atoms with van der Waals surface area (Å²) in [5.41, 5.74) is 1.58. The van der Waals surface area contributed by atoms with E-state index in [1.807, 2.05) is 13.0 Å². The number of anilines is 1. The van der Waals surface area contributed by atoms with Crippen molar-refractivity contribution >= 4 is 28.3 Å². The molecule has 1 aromatic heterocycles. The van der Waals surface area contributed by atoms with Crippen LogP contribution >= 0.6 is 0 Å². The Morgan fingerprint density at radius 3 is 2.34 bits per heavy atom. The Labute approximate surface area is 201 Å². The second kappa shape index (κ2) is 10.1. The lowest BCUT2D eigenvalue weighted by Crippen LogP contribution is -2.35. The van der Waals surface area contributed by atoms with Gasteiger partial charge in [0.2, 0.25) is 5.91 Å². The lowest BCUT2D eigenvalue weighted by Gasteiger charge is -2.13. The Bertz CT molecular complexity index is 1460. The molecule has 0 saturated heterocycles. The molecule has 3 aromatic carbocycles. The zero-order valence-corrected chi connectivity index (χ0v) is 19.5. The van der Waals surface area contributed by atoms with Crippen LogP contribution in [0.1, 0.15) is 16.1 Å². The van der Waals surface area contributed by atoms with Gasteiger partial charge in [-0.3, -0.25) is 14.4 Å². The van der Waals surface area contributed by atoms with Crippen LogP contribution in [-0.4, -0.2) is 42.4 Å². The van der Waals surface area contributed by atoms with Gasteiger partial charge < -0.3 is 20.1 Å². The molecule has 9 heteroatoms. The lowest BCUT2D eigenvalue weighted by molar-refractivity contribution is -0.115. The summed E-state index contributed by atoms with van der Waals surface area (Å²) >= 11 is 0. The van der Waals surface area contributed by atoms with E-state index in [4.69, 9.17) is 9.47 Å². The lowest BCUT2D eigenvalue weighted by atomic mass is 10.1. The Morgan fingerprint density at radius 2 is 1.66 bits per heavy atom. The first-order valence-electron chi connectivity index (χ1n) is 10.8. The standard InChI is InChI=1S/C26H24N4O5/c1-16-8-13-22(35-3)21(14-16)28-23(31)15-27-25(32)24-19-6-4-5-7-20(19)26(33)30(29-24)17-9-11-18(34-2)12-10-17/h4-14H,15H2,1-3H3,(H,27,32)(H,28,31). The number of hydrogen-bond donors (Lipinski definition) is 2. The van der Waals surface area contributed by atoms with Crippen LogP contribution in [0.15, 0.2) is 71.5 Å². The molecular formula is C26H24N4O5. The molecule has 0 fully saturated rings. The number of benzene rings is 3. The SMILES string of the molecule is COc1ccc(-n2nc(C(=O)NCC(=O)Nc3cc(C)ccc3OC)c3ccccc3c2=O)cc1. The average molecular weight is 473 g/mol. The van der Waals surface area contributed by atoms with Crippen molar-refractivity contribution in [3.8, 4) is 17.2 Å². The first kappa shape index (κ1) is 23.5. The molecule has 0 bridgehead atoms. The summed E-state index contributed by atoms with van der Waals surface area (Å²) in [6.45, 7) is 1.60. The third kappa shape index (κ3) is 4.98. The van der Waals surface area contributed by atoms with E-state index in [0.717, 1.165) is 10.2 Å². The molecular weight excluding hydrogens is 448 g/mol. The van der Waals surface area contributed by atoms with Crippen molar-refractivity contribution in [3.05, 3.63) is 88.3 Å². The van der Waals surface area contributed by atoms with Gasteiger partial charge in [0.05, 0.1) is 37.5 Å². The maximum atomic E-state index is 13.1. The summed E-state index contributed by atoms with van der Waals surface area (Å²) in [7, 11) is 3.06. The minimum absolute atomic E-state index is 0.0250. The highest BCUT2D eigenvalue weighted by Gasteiger charge is 2.18. The Morgan fingerprint density at radius 1 is 0.943 bits per heavy atom. The molecule has 0 radical (unpaired) electrons. The number of rotatable bonds is 7. The molecule has 0 unspecified atom stereocenters. The van der Waals surface area contributed by atoms with Crippen LogP contribution in [0.25, 0.3) is 16.5 Å². The van der Waals surface area contributed by atoms with Gasteiger partial charge in [0.1, 0.15) is 11.5 Å². The number of methoxy groups -OCH3 is 2. The number of aryl methyl sites for hydroxylation is 1. The molecule has 0 aliphatic carbocycles. The van der Waals surface area contributed by atoms with Gasteiger partial charge in [0, 0.05) is 5.39 Å². The monoisotopic (exact) mass is 472 g/mol. The van der Waals surface area contributed by atoms with Gasteiger partial charge in [0.25, 0.3) is 11.5 Å².